The molecule has 0 aliphatic carbocycles. The number of hydrogen-bond acceptors (Lipinski definition) is 3. The van der Waals surface area contributed by atoms with Gasteiger partial charge < -0.3 is 4.90 Å². The Kier molecular flexibility index (Phi) is 4.68. The number of carbonyl (C=O) groups excluding carboxylic acids is 1. The minimum Gasteiger partial charge on any atom is -0.339 e. The van der Waals surface area contributed by atoms with Crippen LogP contribution in [0.4, 0.5) is 0 Å². The summed E-state index contributed by atoms with van der Waals surface area (Å²) in [4.78, 5) is 14.2. The Hall–Kier alpha value is -1.40. The fraction of sp³-hybridized carbons (Fsp3) is 0.533. The highest BCUT2D eigenvalue weighted by Gasteiger charge is 2.25. The molecule has 0 aromatic heterocycles. The van der Waals surface area contributed by atoms with Crippen LogP contribution in [0.25, 0.3) is 0 Å². The second-order valence-corrected chi connectivity index (χ2v) is 7.51. The zero-order valence-corrected chi connectivity index (χ0v) is 13.3. The normalized spacial score (nSPS) is 17.2. The third-order valence-electron chi connectivity index (χ3n) is 4.18. The monoisotopic (exact) mass is 310 g/mol. The highest BCUT2D eigenvalue weighted by atomic mass is 32.2. The van der Waals surface area contributed by atoms with Crippen LogP contribution < -0.4 is 5.14 Å². The van der Waals surface area contributed by atoms with Crippen molar-refractivity contribution in [1.82, 2.24) is 4.90 Å². The van der Waals surface area contributed by atoms with E-state index in [0.29, 0.717) is 17.4 Å². The lowest BCUT2D eigenvalue weighted by Gasteiger charge is -2.34. The predicted molar refractivity (Wildman–Crippen MR) is 81.3 cm³/mol. The first-order chi connectivity index (χ1) is 9.79. The van der Waals surface area contributed by atoms with Crippen LogP contribution in [0.2, 0.25) is 0 Å². The minimum atomic E-state index is -3.78. The molecule has 1 aromatic rings. The number of carbonyl (C=O) groups is 1. The molecule has 1 saturated heterocycles. The van der Waals surface area contributed by atoms with Crippen molar-refractivity contribution < 1.29 is 13.2 Å². The Labute approximate surface area is 126 Å². The Balaban J connectivity index is 2.11. The summed E-state index contributed by atoms with van der Waals surface area (Å²) in [5.74, 6) is 1.17. The first kappa shape index (κ1) is 16.0. The highest BCUT2D eigenvalue weighted by Crippen LogP contribution is 2.25. The zero-order chi connectivity index (χ0) is 15.6. The van der Waals surface area contributed by atoms with Gasteiger partial charge in [0.25, 0.3) is 5.91 Å². The van der Waals surface area contributed by atoms with Crippen LogP contribution in [0.3, 0.4) is 0 Å². The van der Waals surface area contributed by atoms with Crippen LogP contribution in [0.15, 0.2) is 29.2 Å². The van der Waals surface area contributed by atoms with E-state index in [4.69, 9.17) is 5.14 Å². The second kappa shape index (κ2) is 6.15. The molecule has 116 valence electrons. The van der Waals surface area contributed by atoms with Crippen molar-refractivity contribution in [3.8, 4) is 0 Å². The Bertz CT molecular complexity index is 618. The molecule has 21 heavy (non-hydrogen) atoms. The molecule has 0 unspecified atom stereocenters. The van der Waals surface area contributed by atoms with Crippen LogP contribution in [-0.4, -0.2) is 32.3 Å². The van der Waals surface area contributed by atoms with E-state index in [9.17, 15) is 13.2 Å². The predicted octanol–water partition coefficient (Wildman–Crippen LogP) is 1.84. The standard InChI is InChI=1S/C15H22N2O3S/c1-11(2)12-6-8-17(9-7-12)15(18)13-4-3-5-14(10-13)21(16,19)20/h3-5,10-12H,6-9H2,1-2H3,(H2,16,19,20). The lowest BCUT2D eigenvalue weighted by atomic mass is 9.86. The summed E-state index contributed by atoms with van der Waals surface area (Å²) in [6.45, 7) is 5.86. The number of nitrogens with two attached hydrogens (primary N) is 1. The Morgan fingerprint density at radius 1 is 1.29 bits per heavy atom. The average Bonchev–Trinajstić information content (AvgIpc) is 2.46. The molecule has 0 atom stereocenters. The van der Waals surface area contributed by atoms with E-state index in [1.807, 2.05) is 0 Å². The van der Waals surface area contributed by atoms with Gasteiger partial charge in [-0.05, 0) is 42.9 Å². The molecular weight excluding hydrogens is 288 g/mol. The topological polar surface area (TPSA) is 80.5 Å². The van der Waals surface area contributed by atoms with Gasteiger partial charge in [-0.2, -0.15) is 0 Å². The molecule has 1 fully saturated rings. The van der Waals surface area contributed by atoms with Crippen LogP contribution >= 0.6 is 0 Å². The number of sulfonamides is 1. The van der Waals surface area contributed by atoms with E-state index in [1.54, 1.807) is 17.0 Å². The third kappa shape index (κ3) is 3.83. The van der Waals surface area contributed by atoms with Crippen molar-refractivity contribution in [3.63, 3.8) is 0 Å². The molecular formula is C15H22N2O3S. The van der Waals surface area contributed by atoms with Crippen molar-refractivity contribution in [1.29, 1.82) is 0 Å². The van der Waals surface area contributed by atoms with Crippen molar-refractivity contribution in [2.45, 2.75) is 31.6 Å². The van der Waals surface area contributed by atoms with Gasteiger partial charge in [-0.3, -0.25) is 4.79 Å². The molecule has 1 aliphatic rings. The molecule has 2 rings (SSSR count). The molecule has 5 nitrogen and oxygen atoms in total. The number of benzene rings is 1. The van der Waals surface area contributed by atoms with Gasteiger partial charge in [0.1, 0.15) is 0 Å². The molecule has 2 N–H and O–H groups in total. The SMILES string of the molecule is CC(C)C1CCN(C(=O)c2cccc(S(N)(=O)=O)c2)CC1. The highest BCUT2D eigenvalue weighted by molar-refractivity contribution is 7.89. The number of likely N-dealkylation sites (tertiary alicyclic amines) is 1. The minimum absolute atomic E-state index is 0.0228. The summed E-state index contributed by atoms with van der Waals surface area (Å²) in [7, 11) is -3.78. The quantitative estimate of drug-likeness (QED) is 0.925. The van der Waals surface area contributed by atoms with Crippen molar-refractivity contribution in [2.24, 2.45) is 17.0 Å². The Morgan fingerprint density at radius 2 is 1.90 bits per heavy atom. The number of rotatable bonds is 3. The number of piperidine rings is 1. The summed E-state index contributed by atoms with van der Waals surface area (Å²) in [5.41, 5.74) is 0.379. The molecule has 0 bridgehead atoms. The van der Waals surface area contributed by atoms with Gasteiger partial charge in [-0.15, -0.1) is 0 Å². The Morgan fingerprint density at radius 3 is 2.43 bits per heavy atom. The van der Waals surface area contributed by atoms with Gasteiger partial charge in [0, 0.05) is 18.7 Å². The van der Waals surface area contributed by atoms with Gasteiger partial charge in [0.15, 0.2) is 0 Å². The summed E-state index contributed by atoms with van der Waals surface area (Å²) >= 11 is 0. The maximum absolute atomic E-state index is 12.4. The molecule has 1 aliphatic heterocycles. The summed E-state index contributed by atoms with van der Waals surface area (Å²) in [6.07, 6.45) is 2.00. The summed E-state index contributed by atoms with van der Waals surface area (Å²) < 4.78 is 22.7. The average molecular weight is 310 g/mol. The maximum Gasteiger partial charge on any atom is 0.253 e. The third-order valence-corrected chi connectivity index (χ3v) is 5.09. The van der Waals surface area contributed by atoms with E-state index in [-0.39, 0.29) is 10.8 Å². The van der Waals surface area contributed by atoms with Gasteiger partial charge in [0.2, 0.25) is 10.0 Å². The summed E-state index contributed by atoms with van der Waals surface area (Å²) in [5, 5.41) is 5.10. The number of nitrogens with zero attached hydrogens (tertiary/aromatic N) is 1. The van der Waals surface area contributed by atoms with Crippen LogP contribution in [0, 0.1) is 11.8 Å². The number of hydrogen-bond donors (Lipinski definition) is 1. The smallest absolute Gasteiger partial charge is 0.253 e. The van der Waals surface area contributed by atoms with E-state index >= 15 is 0 Å². The molecule has 0 radical (unpaired) electrons. The molecule has 1 amide bonds. The van der Waals surface area contributed by atoms with E-state index < -0.39 is 10.0 Å². The van der Waals surface area contributed by atoms with E-state index in [0.717, 1.165) is 25.9 Å². The van der Waals surface area contributed by atoms with E-state index in [1.165, 1.54) is 12.1 Å². The van der Waals surface area contributed by atoms with E-state index in [2.05, 4.69) is 13.8 Å². The maximum atomic E-state index is 12.4. The van der Waals surface area contributed by atoms with Crippen molar-refractivity contribution >= 4 is 15.9 Å². The molecule has 1 heterocycles. The van der Waals surface area contributed by atoms with Crippen LogP contribution in [-0.2, 0) is 10.0 Å². The molecule has 6 heteroatoms. The van der Waals surface area contributed by atoms with Gasteiger partial charge in [-0.1, -0.05) is 19.9 Å². The lowest BCUT2D eigenvalue weighted by Crippen LogP contribution is -2.39. The first-order valence-corrected chi connectivity index (χ1v) is 8.76. The zero-order valence-electron chi connectivity index (χ0n) is 12.5. The number of amides is 1. The fourth-order valence-electron chi connectivity index (χ4n) is 2.76. The number of primary sulfonamides is 1. The van der Waals surface area contributed by atoms with Crippen molar-refractivity contribution in [2.75, 3.05) is 13.1 Å². The molecule has 0 saturated carbocycles. The van der Waals surface area contributed by atoms with Crippen LogP contribution in [0.1, 0.15) is 37.0 Å². The summed E-state index contributed by atoms with van der Waals surface area (Å²) in [6, 6.07) is 5.93. The molecule has 0 spiro atoms. The van der Waals surface area contributed by atoms with Gasteiger partial charge >= 0.3 is 0 Å². The van der Waals surface area contributed by atoms with Gasteiger partial charge in [-0.25, -0.2) is 13.6 Å². The van der Waals surface area contributed by atoms with Gasteiger partial charge in [0.05, 0.1) is 4.90 Å². The first-order valence-electron chi connectivity index (χ1n) is 7.21. The van der Waals surface area contributed by atoms with Crippen molar-refractivity contribution in [3.05, 3.63) is 29.8 Å². The second-order valence-electron chi connectivity index (χ2n) is 5.95. The lowest BCUT2D eigenvalue weighted by molar-refractivity contribution is 0.0667. The fourth-order valence-corrected chi connectivity index (χ4v) is 3.32. The largest absolute Gasteiger partial charge is 0.339 e. The molecule has 1 aromatic carbocycles. The van der Waals surface area contributed by atoms with Crippen LogP contribution in [0.5, 0.6) is 0 Å².